The number of nitrogens with one attached hydrogen (secondary N) is 1. The number of fused-ring (bicyclic) bond motifs is 1. The molecule has 1 fully saturated rings. The molecule has 96 valence electrons. The molecular weight excluding hydrogens is 300 g/mol. The zero-order valence-electron chi connectivity index (χ0n) is 9.78. The molecular formula is C11H8N4OS3. The number of para-hydroxylation sites is 1. The summed E-state index contributed by atoms with van der Waals surface area (Å²) in [5, 5.41) is 10.9. The van der Waals surface area contributed by atoms with Crippen LogP contribution >= 0.6 is 35.3 Å². The second kappa shape index (κ2) is 4.87. The van der Waals surface area contributed by atoms with Crippen molar-refractivity contribution in [3.05, 3.63) is 29.1 Å². The Bertz CT molecular complexity index is 787. The summed E-state index contributed by atoms with van der Waals surface area (Å²) in [4.78, 5) is 12.2. The molecule has 0 aliphatic carbocycles. The lowest BCUT2D eigenvalue weighted by Crippen LogP contribution is -2.21. The highest BCUT2D eigenvalue weighted by molar-refractivity contribution is 8.35. The fourth-order valence-corrected chi connectivity index (χ4v) is 3.48. The summed E-state index contributed by atoms with van der Waals surface area (Å²) in [5.74, 6) is -0.289. The average molecular weight is 308 g/mol. The summed E-state index contributed by atoms with van der Waals surface area (Å²) >= 11 is 7.54. The monoisotopic (exact) mass is 308 g/mol. The first-order valence-corrected chi connectivity index (χ1v) is 7.38. The third-order valence-electron chi connectivity index (χ3n) is 2.54. The number of rotatable bonds is 1. The Kier molecular flexibility index (Phi) is 3.21. The molecule has 0 unspecified atom stereocenters. The van der Waals surface area contributed by atoms with Gasteiger partial charge in [-0.25, -0.2) is 0 Å². The standard InChI is InChI=1S/C11H8N4OS3/c1-15-6-4-2-3-5-7(6)18-10(15)14-13-9-8(16)12-11(17)19-9/h2-5H,1H3,(H,12,16,17)/b13-9+,14-10+. The van der Waals surface area contributed by atoms with Crippen LogP contribution in [0.2, 0.25) is 0 Å². The maximum Gasteiger partial charge on any atom is 0.284 e. The van der Waals surface area contributed by atoms with Gasteiger partial charge in [-0.2, -0.15) is 0 Å². The van der Waals surface area contributed by atoms with Crippen LogP contribution in [0.15, 0.2) is 34.5 Å². The van der Waals surface area contributed by atoms with Crippen molar-refractivity contribution in [1.82, 2.24) is 9.88 Å². The summed E-state index contributed by atoms with van der Waals surface area (Å²) in [6.07, 6.45) is 0. The molecule has 2 heterocycles. The fourth-order valence-electron chi connectivity index (χ4n) is 1.64. The molecule has 1 aromatic carbocycles. The molecule has 1 N–H and O–H groups in total. The zero-order valence-corrected chi connectivity index (χ0v) is 12.2. The quantitative estimate of drug-likeness (QED) is 0.643. The predicted octanol–water partition coefficient (Wildman–Crippen LogP) is 1.60. The van der Waals surface area contributed by atoms with Gasteiger partial charge < -0.3 is 9.88 Å². The van der Waals surface area contributed by atoms with Crippen molar-refractivity contribution in [3.63, 3.8) is 0 Å². The predicted molar refractivity (Wildman–Crippen MR) is 82.1 cm³/mol. The summed E-state index contributed by atoms with van der Waals surface area (Å²) in [6.45, 7) is 0. The number of aromatic nitrogens is 1. The van der Waals surface area contributed by atoms with Gasteiger partial charge in [0.1, 0.15) is 4.32 Å². The highest BCUT2D eigenvalue weighted by atomic mass is 32.2. The minimum Gasteiger partial charge on any atom is -0.318 e. The highest BCUT2D eigenvalue weighted by Gasteiger charge is 2.24. The summed E-state index contributed by atoms with van der Waals surface area (Å²) in [7, 11) is 1.92. The first-order chi connectivity index (χ1) is 9.15. The van der Waals surface area contributed by atoms with E-state index in [1.165, 1.54) is 11.3 Å². The molecule has 1 aromatic heterocycles. The largest absolute Gasteiger partial charge is 0.318 e. The number of hydrogen-bond donors (Lipinski definition) is 1. The van der Waals surface area contributed by atoms with E-state index in [0.717, 1.165) is 26.8 Å². The van der Waals surface area contributed by atoms with Gasteiger partial charge in [-0.05, 0) is 23.9 Å². The number of nitrogens with zero attached hydrogens (tertiary/aromatic N) is 3. The van der Waals surface area contributed by atoms with E-state index in [-0.39, 0.29) is 11.0 Å². The van der Waals surface area contributed by atoms with Gasteiger partial charge in [0.05, 0.1) is 10.2 Å². The van der Waals surface area contributed by atoms with Crippen molar-refractivity contribution in [2.45, 2.75) is 0 Å². The number of amides is 1. The minimum atomic E-state index is -0.289. The van der Waals surface area contributed by atoms with Crippen LogP contribution in [0.4, 0.5) is 0 Å². The van der Waals surface area contributed by atoms with Gasteiger partial charge in [0.2, 0.25) is 4.80 Å². The van der Waals surface area contributed by atoms with Crippen LogP contribution in [-0.2, 0) is 11.8 Å². The molecule has 2 aromatic rings. The lowest BCUT2D eigenvalue weighted by atomic mass is 10.3. The molecule has 0 atom stereocenters. The smallest absolute Gasteiger partial charge is 0.284 e. The Labute approximate surface area is 122 Å². The Balaban J connectivity index is 2.07. The number of carbonyl (C=O) groups excluding carboxylic acids is 1. The molecule has 1 aliphatic rings. The van der Waals surface area contributed by atoms with Crippen molar-refractivity contribution < 1.29 is 4.79 Å². The van der Waals surface area contributed by atoms with Gasteiger partial charge >= 0.3 is 0 Å². The van der Waals surface area contributed by atoms with E-state index >= 15 is 0 Å². The topological polar surface area (TPSA) is 58.8 Å². The Hall–Kier alpha value is -1.51. The molecule has 0 radical (unpaired) electrons. The van der Waals surface area contributed by atoms with Gasteiger partial charge in [0.15, 0.2) is 5.04 Å². The van der Waals surface area contributed by atoms with E-state index in [1.807, 2.05) is 35.9 Å². The van der Waals surface area contributed by atoms with Crippen molar-refractivity contribution in [3.8, 4) is 0 Å². The molecule has 0 saturated carbocycles. The van der Waals surface area contributed by atoms with Gasteiger partial charge in [0, 0.05) is 7.05 Å². The van der Waals surface area contributed by atoms with Crippen LogP contribution in [-0.4, -0.2) is 19.8 Å². The minimum absolute atomic E-state index is 0.280. The maximum absolute atomic E-state index is 11.4. The van der Waals surface area contributed by atoms with Crippen molar-refractivity contribution in [2.75, 3.05) is 0 Å². The number of thiocarbonyl (C=S) groups is 1. The number of thiazole rings is 1. The zero-order chi connectivity index (χ0) is 13.4. The van der Waals surface area contributed by atoms with E-state index in [2.05, 4.69) is 15.5 Å². The average Bonchev–Trinajstić information content (AvgIpc) is 2.88. The number of benzene rings is 1. The van der Waals surface area contributed by atoms with Crippen molar-refractivity contribution >= 4 is 60.8 Å². The van der Waals surface area contributed by atoms with E-state index in [4.69, 9.17) is 12.2 Å². The van der Waals surface area contributed by atoms with Crippen molar-refractivity contribution in [1.29, 1.82) is 0 Å². The SMILES string of the molecule is Cn1/c(=N\N=C2\SC(=S)NC2=O)sc2ccccc21. The molecule has 1 aliphatic heterocycles. The summed E-state index contributed by atoms with van der Waals surface area (Å²) in [5.41, 5.74) is 1.09. The molecule has 3 rings (SSSR count). The van der Waals surface area contributed by atoms with Gasteiger partial charge in [-0.15, -0.1) is 10.2 Å². The number of carbonyl (C=O) groups is 1. The number of hydrogen-bond acceptors (Lipinski definition) is 6. The highest BCUT2D eigenvalue weighted by Crippen LogP contribution is 2.16. The maximum atomic E-state index is 11.4. The molecule has 8 heteroatoms. The van der Waals surface area contributed by atoms with Gasteiger partial charge in [-0.1, -0.05) is 35.7 Å². The molecule has 5 nitrogen and oxygen atoms in total. The van der Waals surface area contributed by atoms with Crippen LogP contribution in [0.25, 0.3) is 10.2 Å². The first kappa shape index (κ1) is 12.5. The van der Waals surface area contributed by atoms with Crippen LogP contribution < -0.4 is 10.1 Å². The molecule has 1 saturated heterocycles. The number of aryl methyl sites for hydroxylation is 1. The van der Waals surface area contributed by atoms with Crippen molar-refractivity contribution in [2.24, 2.45) is 17.3 Å². The molecule has 19 heavy (non-hydrogen) atoms. The Morgan fingerprint density at radius 2 is 2.11 bits per heavy atom. The fraction of sp³-hybridized carbons (Fsp3) is 0.0909. The Morgan fingerprint density at radius 1 is 1.32 bits per heavy atom. The lowest BCUT2D eigenvalue weighted by molar-refractivity contribution is -0.113. The molecule has 1 amide bonds. The third-order valence-corrected chi connectivity index (χ3v) is 4.74. The first-order valence-electron chi connectivity index (χ1n) is 5.34. The molecule has 0 bridgehead atoms. The van der Waals surface area contributed by atoms with Gasteiger partial charge in [0.25, 0.3) is 5.91 Å². The van der Waals surface area contributed by atoms with E-state index in [9.17, 15) is 4.79 Å². The second-order valence-corrected chi connectivity index (χ2v) is 6.44. The van der Waals surface area contributed by atoms with Gasteiger partial charge in [-0.3, -0.25) is 4.79 Å². The second-order valence-electron chi connectivity index (χ2n) is 3.76. The normalized spacial score (nSPS) is 18.6. The van der Waals surface area contributed by atoms with E-state index in [0.29, 0.717) is 4.32 Å². The van der Waals surface area contributed by atoms with Crippen LogP contribution in [0.3, 0.4) is 0 Å². The summed E-state index contributed by atoms with van der Waals surface area (Å²) < 4.78 is 3.49. The lowest BCUT2D eigenvalue weighted by Gasteiger charge is -1.92. The van der Waals surface area contributed by atoms with E-state index < -0.39 is 0 Å². The van der Waals surface area contributed by atoms with Crippen LogP contribution in [0.5, 0.6) is 0 Å². The van der Waals surface area contributed by atoms with Crippen LogP contribution in [0, 0.1) is 0 Å². The van der Waals surface area contributed by atoms with Crippen LogP contribution in [0.1, 0.15) is 0 Å². The summed E-state index contributed by atoms with van der Waals surface area (Å²) in [6, 6.07) is 8.00. The Morgan fingerprint density at radius 3 is 2.79 bits per heavy atom. The van der Waals surface area contributed by atoms with E-state index in [1.54, 1.807) is 0 Å². The number of thioether (sulfide) groups is 1. The molecule has 0 spiro atoms. The third kappa shape index (κ3) is 2.34.